The molecule has 1 aliphatic rings. The van der Waals surface area contributed by atoms with Gasteiger partial charge >= 0.3 is 5.97 Å². The molecule has 2 aromatic heterocycles. The second kappa shape index (κ2) is 9.51. The van der Waals surface area contributed by atoms with Crippen LogP contribution in [-0.2, 0) is 9.53 Å². The number of fused-ring (bicyclic) bond motifs is 1. The highest BCUT2D eigenvalue weighted by atomic mass is 16.5. The van der Waals surface area contributed by atoms with Crippen LogP contribution in [0.5, 0.6) is 0 Å². The van der Waals surface area contributed by atoms with Crippen LogP contribution in [0.3, 0.4) is 0 Å². The van der Waals surface area contributed by atoms with Crippen molar-refractivity contribution in [1.82, 2.24) is 15.0 Å². The van der Waals surface area contributed by atoms with Gasteiger partial charge in [-0.1, -0.05) is 19.9 Å². The van der Waals surface area contributed by atoms with Gasteiger partial charge < -0.3 is 19.7 Å². The lowest BCUT2D eigenvalue weighted by atomic mass is 9.95. The van der Waals surface area contributed by atoms with E-state index in [1.54, 1.807) is 13.8 Å². The van der Waals surface area contributed by atoms with Gasteiger partial charge in [0, 0.05) is 24.8 Å². The Hall–Kier alpha value is -2.93. The Balaban J connectivity index is 1.37. The number of piperidine rings is 1. The van der Waals surface area contributed by atoms with Crippen LogP contribution in [0.15, 0.2) is 36.5 Å². The first kappa shape index (κ1) is 23.2. The summed E-state index contributed by atoms with van der Waals surface area (Å²) >= 11 is 0. The number of carboxylic acids is 1. The zero-order valence-corrected chi connectivity index (χ0v) is 20.0. The lowest BCUT2D eigenvalue weighted by Gasteiger charge is -2.34. The number of hydrogen-bond acceptors (Lipinski definition) is 5. The van der Waals surface area contributed by atoms with Crippen molar-refractivity contribution in [2.24, 2.45) is 5.41 Å². The van der Waals surface area contributed by atoms with Gasteiger partial charge in [-0.2, -0.15) is 0 Å². The van der Waals surface area contributed by atoms with Gasteiger partial charge in [0.15, 0.2) is 0 Å². The van der Waals surface area contributed by atoms with Crippen LogP contribution in [0.4, 0.5) is 5.82 Å². The van der Waals surface area contributed by atoms with Crippen LogP contribution in [-0.4, -0.2) is 51.8 Å². The standard InChI is InChI=1S/C26H34N4O3/c1-5-17(2)18-6-8-21-22(14-18)29-24(28-21)19-7-9-23(27-15-19)30-12-10-20(11-13-30)33-16-26(3,4)25(31)32/h6-9,14-15,17,20H,5,10-13,16H2,1-4H3,(H,28,29)(H,31,32). The topological polar surface area (TPSA) is 91.3 Å². The molecule has 1 fully saturated rings. The number of pyridine rings is 1. The second-order valence-corrected chi connectivity index (χ2v) is 9.76. The fraction of sp³-hybridized carbons (Fsp3) is 0.500. The van der Waals surface area contributed by atoms with Crippen molar-refractivity contribution >= 4 is 22.8 Å². The van der Waals surface area contributed by atoms with Crippen LogP contribution >= 0.6 is 0 Å². The lowest BCUT2D eigenvalue weighted by Crippen LogP contribution is -2.39. The number of benzene rings is 1. The van der Waals surface area contributed by atoms with E-state index in [9.17, 15) is 9.90 Å². The largest absolute Gasteiger partial charge is 0.481 e. The predicted molar refractivity (Wildman–Crippen MR) is 131 cm³/mol. The quantitative estimate of drug-likeness (QED) is 0.488. The summed E-state index contributed by atoms with van der Waals surface area (Å²) in [7, 11) is 0. The maximum Gasteiger partial charge on any atom is 0.311 e. The average molecular weight is 451 g/mol. The van der Waals surface area contributed by atoms with Crippen LogP contribution in [0.25, 0.3) is 22.4 Å². The normalized spacial score (nSPS) is 16.3. The molecule has 7 heteroatoms. The number of hydrogen-bond donors (Lipinski definition) is 2. The lowest BCUT2D eigenvalue weighted by molar-refractivity contribution is -0.152. The molecule has 33 heavy (non-hydrogen) atoms. The molecule has 0 aliphatic carbocycles. The maximum absolute atomic E-state index is 11.3. The van der Waals surface area contributed by atoms with Crippen LogP contribution in [0, 0.1) is 5.41 Å². The molecule has 1 saturated heterocycles. The Labute approximate surface area is 195 Å². The molecule has 4 rings (SSSR count). The summed E-state index contributed by atoms with van der Waals surface area (Å²) in [6, 6.07) is 10.6. The number of nitrogens with one attached hydrogen (secondary N) is 1. The number of carbonyl (C=O) groups is 1. The van der Waals surface area contributed by atoms with Crippen molar-refractivity contribution in [2.75, 3.05) is 24.6 Å². The first-order valence-corrected chi connectivity index (χ1v) is 11.8. The summed E-state index contributed by atoms with van der Waals surface area (Å²) in [5.41, 5.74) is 3.46. The molecule has 0 amide bonds. The van der Waals surface area contributed by atoms with E-state index < -0.39 is 11.4 Å². The second-order valence-electron chi connectivity index (χ2n) is 9.76. The molecular weight excluding hydrogens is 416 g/mol. The SMILES string of the molecule is CCC(C)c1ccc2nc(-c3ccc(N4CCC(OCC(C)(C)C(=O)O)CC4)nc3)[nH]c2c1. The average Bonchev–Trinajstić information content (AvgIpc) is 3.26. The third kappa shape index (κ3) is 5.19. The molecule has 0 saturated carbocycles. The molecule has 1 unspecified atom stereocenters. The molecule has 1 atom stereocenters. The molecule has 1 aromatic carbocycles. The van der Waals surface area contributed by atoms with E-state index in [0.29, 0.717) is 5.92 Å². The van der Waals surface area contributed by atoms with Gasteiger partial charge in [0.05, 0.1) is 29.2 Å². The highest BCUT2D eigenvalue weighted by Gasteiger charge is 2.30. The van der Waals surface area contributed by atoms with Gasteiger partial charge in [0.2, 0.25) is 0 Å². The fourth-order valence-electron chi connectivity index (χ4n) is 4.06. The molecule has 0 bridgehead atoms. The molecule has 0 spiro atoms. The molecule has 7 nitrogen and oxygen atoms in total. The number of rotatable bonds is 8. The summed E-state index contributed by atoms with van der Waals surface area (Å²) in [6.07, 6.45) is 4.81. The number of H-pyrrole nitrogens is 1. The minimum absolute atomic E-state index is 0.0926. The van der Waals surface area contributed by atoms with Crippen molar-refractivity contribution in [3.05, 3.63) is 42.1 Å². The Bertz CT molecular complexity index is 1100. The highest BCUT2D eigenvalue weighted by molar-refractivity contribution is 5.80. The first-order valence-electron chi connectivity index (χ1n) is 11.8. The van der Waals surface area contributed by atoms with E-state index in [1.807, 2.05) is 12.3 Å². The van der Waals surface area contributed by atoms with Crippen LogP contribution in [0.2, 0.25) is 0 Å². The Morgan fingerprint density at radius 3 is 2.67 bits per heavy atom. The molecule has 3 aromatic rings. The van der Waals surface area contributed by atoms with E-state index in [4.69, 9.17) is 9.72 Å². The summed E-state index contributed by atoms with van der Waals surface area (Å²) in [5, 5.41) is 9.25. The molecule has 3 heterocycles. The zero-order chi connectivity index (χ0) is 23.6. The highest BCUT2D eigenvalue weighted by Crippen LogP contribution is 2.27. The maximum atomic E-state index is 11.3. The summed E-state index contributed by atoms with van der Waals surface area (Å²) in [5.74, 6) is 1.47. The summed E-state index contributed by atoms with van der Waals surface area (Å²) in [6.45, 7) is 9.76. The van der Waals surface area contributed by atoms with Gasteiger partial charge in [-0.05, 0) is 68.9 Å². The Morgan fingerprint density at radius 2 is 2.03 bits per heavy atom. The number of anilines is 1. The van der Waals surface area contributed by atoms with Crippen LogP contribution < -0.4 is 4.90 Å². The van der Waals surface area contributed by atoms with Crippen molar-refractivity contribution in [3.63, 3.8) is 0 Å². The van der Waals surface area contributed by atoms with Crippen molar-refractivity contribution in [3.8, 4) is 11.4 Å². The predicted octanol–water partition coefficient (Wildman–Crippen LogP) is 5.23. The zero-order valence-electron chi connectivity index (χ0n) is 20.0. The minimum Gasteiger partial charge on any atom is -0.481 e. The number of ether oxygens (including phenoxy) is 1. The summed E-state index contributed by atoms with van der Waals surface area (Å²) < 4.78 is 5.89. The van der Waals surface area contributed by atoms with Crippen molar-refractivity contribution < 1.29 is 14.6 Å². The molecule has 0 radical (unpaired) electrons. The Kier molecular flexibility index (Phi) is 6.70. The van der Waals surface area contributed by atoms with Gasteiger partial charge in [-0.3, -0.25) is 4.79 Å². The fourth-order valence-corrected chi connectivity index (χ4v) is 4.06. The number of aromatic amines is 1. The van der Waals surface area contributed by atoms with Crippen molar-refractivity contribution in [2.45, 2.75) is 59.0 Å². The van der Waals surface area contributed by atoms with E-state index in [2.05, 4.69) is 53.0 Å². The third-order valence-corrected chi connectivity index (χ3v) is 6.73. The van der Waals surface area contributed by atoms with Gasteiger partial charge in [0.1, 0.15) is 11.6 Å². The van der Waals surface area contributed by atoms with E-state index in [1.165, 1.54) is 5.56 Å². The smallest absolute Gasteiger partial charge is 0.311 e. The minimum atomic E-state index is -0.860. The molecular formula is C26H34N4O3. The number of nitrogens with zero attached hydrogens (tertiary/aromatic N) is 3. The van der Waals surface area contributed by atoms with Crippen molar-refractivity contribution in [1.29, 1.82) is 0 Å². The van der Waals surface area contributed by atoms with Crippen LogP contribution in [0.1, 0.15) is 58.4 Å². The monoisotopic (exact) mass is 450 g/mol. The van der Waals surface area contributed by atoms with E-state index in [0.717, 1.165) is 60.6 Å². The number of carboxylic acid groups (broad SMARTS) is 1. The Morgan fingerprint density at radius 1 is 1.27 bits per heavy atom. The molecule has 176 valence electrons. The number of aromatic nitrogens is 3. The number of aliphatic carboxylic acids is 1. The van der Waals surface area contributed by atoms with Gasteiger partial charge in [-0.15, -0.1) is 0 Å². The van der Waals surface area contributed by atoms with Gasteiger partial charge in [0.25, 0.3) is 0 Å². The number of imidazole rings is 1. The van der Waals surface area contributed by atoms with E-state index in [-0.39, 0.29) is 12.7 Å². The van der Waals surface area contributed by atoms with E-state index >= 15 is 0 Å². The first-order chi connectivity index (χ1) is 15.8. The van der Waals surface area contributed by atoms with Gasteiger partial charge in [-0.25, -0.2) is 9.97 Å². The molecule has 2 N–H and O–H groups in total. The third-order valence-electron chi connectivity index (χ3n) is 6.73. The summed E-state index contributed by atoms with van der Waals surface area (Å²) in [4.78, 5) is 26.4. The molecule has 1 aliphatic heterocycles.